The number of esters is 1. The van der Waals surface area contributed by atoms with E-state index in [1.807, 2.05) is 13.0 Å². The first-order chi connectivity index (χ1) is 9.65. The van der Waals surface area contributed by atoms with Gasteiger partial charge in [0.05, 0.1) is 10.7 Å². The van der Waals surface area contributed by atoms with E-state index < -0.39 is 28.2 Å². The molecule has 7 heteroatoms. The largest absolute Gasteiger partial charge is 0.455 e. The Kier molecular flexibility index (Phi) is 4.43. The third kappa shape index (κ3) is 3.44. The maximum Gasteiger partial charge on any atom is 0.315 e. The Morgan fingerprint density at radius 1 is 1.38 bits per heavy atom. The average molecular weight is 351 g/mol. The molecule has 0 spiro atoms. The normalized spacial score (nSPS) is 22.5. The number of aryl methyl sites for hydroxylation is 1. The van der Waals surface area contributed by atoms with Crippen LogP contribution in [-0.2, 0) is 14.3 Å². The molecular weight excluding hydrogens is 337 g/mol. The summed E-state index contributed by atoms with van der Waals surface area (Å²) in [7, 11) is 0. The second kappa shape index (κ2) is 5.67. The smallest absolute Gasteiger partial charge is 0.315 e. The van der Waals surface area contributed by atoms with Crippen molar-refractivity contribution in [3.8, 4) is 0 Å². The molecule has 0 bridgehead atoms. The van der Waals surface area contributed by atoms with E-state index in [0.717, 1.165) is 5.56 Å². The van der Waals surface area contributed by atoms with E-state index in [9.17, 15) is 9.59 Å². The number of rotatable bonds is 4. The first-order valence-electron chi connectivity index (χ1n) is 6.27. The molecule has 1 fully saturated rings. The lowest BCUT2D eigenvalue weighted by atomic mass is 10.1. The fourth-order valence-electron chi connectivity index (χ4n) is 1.82. The molecule has 21 heavy (non-hydrogen) atoms. The standard InChI is InChI=1S/C14H14Cl3NO3/c1-8-3-4-10(9(15)5-8)18-11(19)6-21-12(20)13(2)7-14(13,16)17/h3-5H,6-7H2,1-2H3,(H,18,19)/t13-/m1/s1. The summed E-state index contributed by atoms with van der Waals surface area (Å²) in [5.41, 5.74) is 0.495. The molecule has 1 aliphatic carbocycles. The lowest BCUT2D eigenvalue weighted by Gasteiger charge is -2.12. The molecule has 4 nitrogen and oxygen atoms in total. The minimum Gasteiger partial charge on any atom is -0.455 e. The van der Waals surface area contributed by atoms with E-state index in [4.69, 9.17) is 39.5 Å². The summed E-state index contributed by atoms with van der Waals surface area (Å²) in [6.07, 6.45) is 0.313. The van der Waals surface area contributed by atoms with Crippen LogP contribution >= 0.6 is 34.8 Å². The van der Waals surface area contributed by atoms with Gasteiger partial charge in [0.2, 0.25) is 0 Å². The summed E-state index contributed by atoms with van der Waals surface area (Å²) < 4.78 is 3.83. The molecule has 1 aliphatic rings. The monoisotopic (exact) mass is 349 g/mol. The van der Waals surface area contributed by atoms with Gasteiger partial charge in [-0.15, -0.1) is 23.2 Å². The molecule has 1 aromatic carbocycles. The van der Waals surface area contributed by atoms with Crippen molar-refractivity contribution in [3.05, 3.63) is 28.8 Å². The number of carbonyl (C=O) groups excluding carboxylic acids is 2. The highest BCUT2D eigenvalue weighted by Crippen LogP contribution is 2.64. The summed E-state index contributed by atoms with van der Waals surface area (Å²) in [5.74, 6) is -1.06. The molecule has 114 valence electrons. The van der Waals surface area contributed by atoms with Gasteiger partial charge < -0.3 is 10.1 Å². The molecule has 0 heterocycles. The van der Waals surface area contributed by atoms with Crippen LogP contribution in [0.3, 0.4) is 0 Å². The van der Waals surface area contributed by atoms with Crippen LogP contribution in [0.2, 0.25) is 5.02 Å². The number of nitrogens with one attached hydrogen (secondary N) is 1. The van der Waals surface area contributed by atoms with Crippen molar-refractivity contribution >= 4 is 52.4 Å². The molecule has 0 saturated heterocycles. The van der Waals surface area contributed by atoms with Crippen molar-refractivity contribution in [1.82, 2.24) is 0 Å². The van der Waals surface area contributed by atoms with E-state index in [2.05, 4.69) is 5.32 Å². The number of amides is 1. The number of halogens is 3. The molecule has 2 rings (SSSR count). The van der Waals surface area contributed by atoms with Gasteiger partial charge in [-0.3, -0.25) is 9.59 Å². The molecule has 0 aliphatic heterocycles. The van der Waals surface area contributed by atoms with Gasteiger partial charge in [-0.25, -0.2) is 0 Å². The zero-order valence-corrected chi connectivity index (χ0v) is 13.8. The number of alkyl halides is 2. The predicted octanol–water partition coefficient (Wildman–Crippen LogP) is 3.71. The van der Waals surface area contributed by atoms with Crippen molar-refractivity contribution < 1.29 is 14.3 Å². The Morgan fingerprint density at radius 3 is 2.52 bits per heavy atom. The molecule has 1 aromatic rings. The van der Waals surface area contributed by atoms with Crippen LogP contribution in [0.25, 0.3) is 0 Å². The molecule has 1 saturated carbocycles. The molecular formula is C14H14Cl3NO3. The Hall–Kier alpha value is -0.970. The van der Waals surface area contributed by atoms with Crippen LogP contribution < -0.4 is 5.32 Å². The first kappa shape index (κ1) is 16.4. The fourth-order valence-corrected chi connectivity index (χ4v) is 2.79. The second-order valence-corrected chi connectivity index (χ2v) is 7.21. The third-order valence-corrected chi connectivity index (χ3v) is 4.86. The summed E-state index contributed by atoms with van der Waals surface area (Å²) in [5, 5.41) is 2.99. The van der Waals surface area contributed by atoms with Crippen LogP contribution in [0.5, 0.6) is 0 Å². The first-order valence-corrected chi connectivity index (χ1v) is 7.40. The van der Waals surface area contributed by atoms with Crippen molar-refractivity contribution in [2.45, 2.75) is 24.6 Å². The van der Waals surface area contributed by atoms with E-state index >= 15 is 0 Å². The average Bonchev–Trinajstić information content (AvgIpc) is 2.90. The van der Waals surface area contributed by atoms with Crippen LogP contribution in [0.1, 0.15) is 18.9 Å². The van der Waals surface area contributed by atoms with Crippen LogP contribution in [-0.4, -0.2) is 22.8 Å². The number of carbonyl (C=O) groups is 2. The van der Waals surface area contributed by atoms with Gasteiger partial charge in [-0.1, -0.05) is 17.7 Å². The number of anilines is 1. The van der Waals surface area contributed by atoms with Gasteiger partial charge in [0.15, 0.2) is 6.61 Å². The topological polar surface area (TPSA) is 55.4 Å². The van der Waals surface area contributed by atoms with Gasteiger partial charge in [0.1, 0.15) is 9.75 Å². The van der Waals surface area contributed by atoms with E-state index in [1.165, 1.54) is 0 Å². The fraction of sp³-hybridized carbons (Fsp3) is 0.429. The molecule has 0 unspecified atom stereocenters. The second-order valence-electron chi connectivity index (χ2n) is 5.32. The zero-order chi connectivity index (χ0) is 15.8. The summed E-state index contributed by atoms with van der Waals surface area (Å²) in [6, 6.07) is 5.22. The maximum absolute atomic E-state index is 11.8. The maximum atomic E-state index is 11.8. The molecule has 1 atom stereocenters. The van der Waals surface area contributed by atoms with Crippen LogP contribution in [0, 0.1) is 12.3 Å². The van der Waals surface area contributed by atoms with Gasteiger partial charge in [-0.2, -0.15) is 0 Å². The van der Waals surface area contributed by atoms with Gasteiger partial charge >= 0.3 is 5.97 Å². The minimum atomic E-state index is -1.11. The summed E-state index contributed by atoms with van der Waals surface area (Å²) in [4.78, 5) is 23.6. The Balaban J connectivity index is 1.87. The number of hydrogen-bond donors (Lipinski definition) is 1. The summed E-state index contributed by atoms with van der Waals surface area (Å²) >= 11 is 17.7. The Morgan fingerprint density at radius 2 is 2.00 bits per heavy atom. The van der Waals surface area contributed by atoms with Gasteiger partial charge in [-0.05, 0) is 31.5 Å². The van der Waals surface area contributed by atoms with E-state index in [-0.39, 0.29) is 0 Å². The van der Waals surface area contributed by atoms with Crippen molar-refractivity contribution in [1.29, 1.82) is 0 Å². The van der Waals surface area contributed by atoms with Gasteiger partial charge in [0, 0.05) is 6.42 Å². The number of ether oxygens (including phenoxy) is 1. The minimum absolute atomic E-state index is 0.313. The van der Waals surface area contributed by atoms with Crippen LogP contribution in [0.4, 0.5) is 5.69 Å². The predicted molar refractivity (Wildman–Crippen MR) is 82.9 cm³/mol. The molecule has 0 aromatic heterocycles. The highest BCUT2D eigenvalue weighted by Gasteiger charge is 2.69. The zero-order valence-electron chi connectivity index (χ0n) is 11.5. The van der Waals surface area contributed by atoms with Gasteiger partial charge in [0.25, 0.3) is 5.91 Å². The van der Waals surface area contributed by atoms with Crippen molar-refractivity contribution in [2.24, 2.45) is 5.41 Å². The lowest BCUT2D eigenvalue weighted by molar-refractivity contribution is -0.152. The summed E-state index contributed by atoms with van der Waals surface area (Å²) in [6.45, 7) is 3.08. The van der Waals surface area contributed by atoms with Crippen molar-refractivity contribution in [3.63, 3.8) is 0 Å². The number of hydrogen-bond acceptors (Lipinski definition) is 3. The third-order valence-electron chi connectivity index (χ3n) is 3.44. The molecule has 1 N–H and O–H groups in total. The Labute approximate surface area is 137 Å². The molecule has 0 radical (unpaired) electrons. The lowest BCUT2D eigenvalue weighted by Crippen LogP contribution is -2.26. The Bertz CT molecular complexity index is 603. The van der Waals surface area contributed by atoms with Crippen LogP contribution in [0.15, 0.2) is 18.2 Å². The highest BCUT2D eigenvalue weighted by molar-refractivity contribution is 6.53. The highest BCUT2D eigenvalue weighted by atomic mass is 35.5. The quantitative estimate of drug-likeness (QED) is 0.665. The van der Waals surface area contributed by atoms with Crippen molar-refractivity contribution in [2.75, 3.05) is 11.9 Å². The molecule has 1 amide bonds. The van der Waals surface area contributed by atoms with E-state index in [1.54, 1.807) is 19.1 Å². The number of benzene rings is 1. The van der Waals surface area contributed by atoms with E-state index in [0.29, 0.717) is 17.1 Å². The SMILES string of the molecule is Cc1ccc(NC(=O)COC(=O)[C@@]2(C)CC2(Cl)Cl)c(Cl)c1.